The number of aliphatic hydroxyl groups excluding tert-OH is 1. The number of carbonyl (C=O) groups excluding carboxylic acids is 1. The summed E-state index contributed by atoms with van der Waals surface area (Å²) < 4.78 is 29.2. The first-order chi connectivity index (χ1) is 18.1. The van der Waals surface area contributed by atoms with E-state index in [-0.39, 0.29) is 86.4 Å². The van der Waals surface area contributed by atoms with Gasteiger partial charge in [-0.1, -0.05) is 26.8 Å². The van der Waals surface area contributed by atoms with Gasteiger partial charge in [0.05, 0.1) is 11.4 Å². The Morgan fingerprint density at radius 2 is 1.67 bits per heavy atom. The number of aliphatic hydroxyl groups is 1. The third kappa shape index (κ3) is 10.6. The zero-order valence-electron chi connectivity index (χ0n) is 26.8. The molecule has 0 aliphatic carbocycles. The number of aliphatic imine (C=N–C) groups is 1. The van der Waals surface area contributed by atoms with Crippen LogP contribution in [0, 0.1) is 113 Å². The number of nitrogens with two attached hydrogens (primary N) is 1. The zero-order valence-corrected chi connectivity index (χ0v) is 30.0. The summed E-state index contributed by atoms with van der Waals surface area (Å²) in [4.78, 5) is 20.0. The summed E-state index contributed by atoms with van der Waals surface area (Å²) in [7, 11) is 1.00. The molecule has 0 bridgehead atoms. The van der Waals surface area contributed by atoms with Crippen LogP contribution in [0.1, 0.15) is 43.9 Å². The van der Waals surface area contributed by atoms with Crippen LogP contribution in [0.5, 0.6) is 0 Å². The van der Waals surface area contributed by atoms with Gasteiger partial charge in [-0.05, 0) is 56.1 Å². The maximum absolute atomic E-state index is 15.0. The first kappa shape index (κ1) is 44.4. The number of carbonyl (C=O) groups is 1. The minimum atomic E-state index is -0.561. The van der Waals surface area contributed by atoms with Crippen LogP contribution < -0.4 is 16.0 Å². The molecular formula is C33H48F2N4NdO2-4. The van der Waals surface area contributed by atoms with Gasteiger partial charge in [0.25, 0.3) is 0 Å². The molecule has 2 aromatic carbocycles. The van der Waals surface area contributed by atoms with Gasteiger partial charge in [-0.25, -0.2) is 4.39 Å². The molecule has 1 amide bonds. The molecule has 0 fully saturated rings. The Morgan fingerprint density at radius 3 is 2.19 bits per heavy atom. The number of allylic oxidation sites excluding steroid dienone is 1. The van der Waals surface area contributed by atoms with E-state index in [1.165, 1.54) is 4.90 Å². The van der Waals surface area contributed by atoms with Crippen LogP contribution in [0.2, 0.25) is 0 Å². The van der Waals surface area contributed by atoms with Crippen LogP contribution in [-0.4, -0.2) is 36.9 Å². The van der Waals surface area contributed by atoms with E-state index in [9.17, 15) is 13.6 Å². The van der Waals surface area contributed by atoms with E-state index in [2.05, 4.69) is 11.4 Å². The number of halogens is 2. The fourth-order valence-corrected chi connectivity index (χ4v) is 4.38. The number of hydrogen-bond donors (Lipinski definition) is 3. The van der Waals surface area contributed by atoms with E-state index in [1.54, 1.807) is 64.2 Å². The van der Waals surface area contributed by atoms with Crippen LogP contribution in [0.3, 0.4) is 0 Å². The fraction of sp³-hybridized carbons (Fsp3) is 0.364. The van der Waals surface area contributed by atoms with Gasteiger partial charge < -0.3 is 43.3 Å². The molecule has 1 heterocycles. The van der Waals surface area contributed by atoms with Crippen molar-refractivity contribution in [3.05, 3.63) is 104 Å². The van der Waals surface area contributed by atoms with E-state index in [4.69, 9.17) is 15.8 Å². The minimum absolute atomic E-state index is 0. The van der Waals surface area contributed by atoms with Crippen molar-refractivity contribution in [3.63, 3.8) is 0 Å². The second-order valence-electron chi connectivity index (χ2n) is 9.39. The van der Waals surface area contributed by atoms with Gasteiger partial charge in [-0.2, -0.15) is 12.1 Å². The van der Waals surface area contributed by atoms with Crippen molar-refractivity contribution in [1.29, 1.82) is 0 Å². The maximum Gasteiger partial charge on any atom is 0.232 e. The molecule has 9 heteroatoms. The molecule has 234 valence electrons. The summed E-state index contributed by atoms with van der Waals surface area (Å²) >= 11 is 0. The molecule has 2 aromatic rings. The summed E-state index contributed by atoms with van der Waals surface area (Å²) in [6.07, 6.45) is 3.94. The Balaban J connectivity index is -0.00000248. The van der Waals surface area contributed by atoms with E-state index in [0.717, 1.165) is 24.9 Å². The quantitative estimate of drug-likeness (QED) is 0.218. The van der Waals surface area contributed by atoms with Crippen LogP contribution in [0.25, 0.3) is 0 Å². The van der Waals surface area contributed by atoms with E-state index in [0.29, 0.717) is 41.1 Å². The van der Waals surface area contributed by atoms with Crippen molar-refractivity contribution in [1.82, 2.24) is 5.32 Å². The summed E-state index contributed by atoms with van der Waals surface area (Å²) in [5, 5.41) is 10.3. The monoisotopic (exact) mass is 712 g/mol. The molecule has 0 spiro atoms. The summed E-state index contributed by atoms with van der Waals surface area (Å²) in [6.45, 7) is 11.8. The fourth-order valence-electron chi connectivity index (χ4n) is 4.38. The Labute approximate surface area is 286 Å². The maximum atomic E-state index is 15.0. The number of rotatable bonds is 7. The molecule has 42 heavy (non-hydrogen) atoms. The third-order valence-corrected chi connectivity index (χ3v) is 6.70. The van der Waals surface area contributed by atoms with Crippen molar-refractivity contribution in [2.45, 2.75) is 48.0 Å². The third-order valence-electron chi connectivity index (χ3n) is 6.70. The molecule has 1 aliphatic heterocycles. The van der Waals surface area contributed by atoms with E-state index in [1.807, 2.05) is 13.8 Å². The second-order valence-corrected chi connectivity index (χ2v) is 9.39. The topological polar surface area (TPSA) is 91.0 Å². The number of anilines is 1. The van der Waals surface area contributed by atoms with Crippen molar-refractivity contribution < 1.29 is 59.5 Å². The van der Waals surface area contributed by atoms with Crippen molar-refractivity contribution in [3.8, 4) is 0 Å². The van der Waals surface area contributed by atoms with Gasteiger partial charge in [0.15, 0.2) is 0 Å². The van der Waals surface area contributed by atoms with E-state index < -0.39 is 11.7 Å². The number of hydrogen-bond acceptors (Lipinski definition) is 5. The van der Waals surface area contributed by atoms with Crippen LogP contribution in [0.4, 0.5) is 20.2 Å². The number of nitrogens with one attached hydrogen (secondary N) is 1. The molecule has 3 rings (SSSR count). The first-order valence-electron chi connectivity index (χ1n) is 12.7. The van der Waals surface area contributed by atoms with Gasteiger partial charge in [0.1, 0.15) is 5.82 Å². The second kappa shape index (κ2) is 20.8. The van der Waals surface area contributed by atoms with Crippen LogP contribution in [0.15, 0.2) is 52.8 Å². The predicted molar refractivity (Wildman–Crippen MR) is 170 cm³/mol. The number of benzene rings is 2. The number of amides is 1. The van der Waals surface area contributed by atoms with Gasteiger partial charge in [0, 0.05) is 96.2 Å². The van der Waals surface area contributed by atoms with Gasteiger partial charge in [-0.15, -0.1) is 11.6 Å². The van der Waals surface area contributed by atoms with Crippen LogP contribution in [-0.2, 0) is 4.79 Å². The number of aryl methyl sites for hydroxylation is 3. The van der Waals surface area contributed by atoms with Gasteiger partial charge in [0.2, 0.25) is 5.91 Å². The van der Waals surface area contributed by atoms with Gasteiger partial charge >= 0.3 is 0 Å². The first-order valence-corrected chi connectivity index (χ1v) is 12.7. The average Bonchev–Trinajstić information content (AvgIpc) is 2.91. The largest absolute Gasteiger partial charge is 0.402 e. The predicted octanol–water partition coefficient (Wildman–Crippen LogP) is 6.77. The smallest absolute Gasteiger partial charge is 0.232 e. The molecule has 0 aromatic heterocycles. The molecule has 2 unspecified atom stereocenters. The average molecular weight is 715 g/mol. The molecule has 2 atom stereocenters. The SMILES string of the molecule is C/C=C\N(C(=O)C(C)C(C)C(=Nc1cc(C)c(F)c(C)c1)C1=C(N)CCNC1)c1cc[c-]c(C)c1F.CO.[CH3-].[CH3-].[CH3-].[Nd]. The Morgan fingerprint density at radius 1 is 1.10 bits per heavy atom. The van der Waals surface area contributed by atoms with E-state index >= 15 is 0 Å². The normalized spacial score (nSPS) is 14.2. The standard InChI is InChI=1S/C29H35F2N4O.CH4O.3CH3.Nd/c1-7-13-35(25-10-8-9-17(2)27(25)31)29(36)21(6)20(5)28(23-16-33-12-11-24(23)32)34-22-14-18(3)26(30)19(4)15-22;1-2;;;;/h7-8,10,13-15,20-21,33H,11-12,16,32H2,1-6H3;2H,1H3;3*1H3;/q-1;;3*-1;/b13-7-,34-28?;;;;;. The Bertz CT molecular complexity index is 1220. The Kier molecular flexibility index (Phi) is 22.0. The van der Waals surface area contributed by atoms with Crippen molar-refractivity contribution >= 4 is 23.0 Å². The molecule has 0 saturated heterocycles. The molecule has 4 N–H and O–H groups in total. The number of nitrogens with zero attached hydrogens (tertiary/aromatic N) is 2. The Hall–Kier alpha value is -2.01. The minimum Gasteiger partial charge on any atom is -0.402 e. The summed E-state index contributed by atoms with van der Waals surface area (Å²) in [6, 6.07) is 9.36. The van der Waals surface area contributed by atoms with Crippen molar-refractivity contribution in [2.75, 3.05) is 25.1 Å². The molecule has 0 radical (unpaired) electrons. The molecule has 6 nitrogen and oxygen atoms in total. The molecular weight excluding hydrogens is 667 g/mol. The summed E-state index contributed by atoms with van der Waals surface area (Å²) in [5.41, 5.74) is 10.8. The van der Waals surface area contributed by atoms with Crippen molar-refractivity contribution in [2.24, 2.45) is 22.6 Å². The molecule has 1 aliphatic rings. The van der Waals surface area contributed by atoms with Gasteiger partial charge in [-0.3, -0.25) is 14.2 Å². The molecule has 0 saturated carbocycles. The zero-order chi connectivity index (χ0) is 28.6. The summed E-state index contributed by atoms with van der Waals surface area (Å²) in [5.74, 6) is -1.94. The van der Waals surface area contributed by atoms with Crippen LogP contribution >= 0.6 is 0 Å².